The molecule has 0 saturated carbocycles. The summed E-state index contributed by atoms with van der Waals surface area (Å²) in [5, 5.41) is 13.2. The van der Waals surface area contributed by atoms with Gasteiger partial charge in [0.2, 0.25) is 0 Å². The third-order valence-electron chi connectivity index (χ3n) is 2.97. The summed E-state index contributed by atoms with van der Waals surface area (Å²) in [4.78, 5) is 16.6. The summed E-state index contributed by atoms with van der Waals surface area (Å²) in [6, 6.07) is 0. The lowest BCUT2D eigenvalue weighted by Crippen LogP contribution is -2.35. The van der Waals surface area contributed by atoms with Gasteiger partial charge in [0.15, 0.2) is 5.13 Å². The molecule has 1 heterocycles. The number of carboxylic acids is 1. The van der Waals surface area contributed by atoms with E-state index in [0.717, 1.165) is 22.1 Å². The van der Waals surface area contributed by atoms with Gasteiger partial charge < -0.3 is 15.2 Å². The maximum Gasteiger partial charge on any atom is 0.312 e. The lowest BCUT2D eigenvalue weighted by molar-refractivity contribution is -0.138. The summed E-state index contributed by atoms with van der Waals surface area (Å²) in [6.45, 7) is 4.62. The highest BCUT2D eigenvalue weighted by atomic mass is 32.1. The number of nitrogens with one attached hydrogen (secondary N) is 1. The standard InChI is InChI=1S/C12H18N2O3S/c1-12(2,6-17-3)14-11-13-9-7(10(15)16)4-5-8(9)18-11/h7H,4-6H2,1-3H3,(H,13,14)(H,15,16). The average molecular weight is 270 g/mol. The van der Waals surface area contributed by atoms with Gasteiger partial charge in [-0.1, -0.05) is 0 Å². The van der Waals surface area contributed by atoms with Crippen LogP contribution in [0.1, 0.15) is 36.8 Å². The molecule has 0 saturated heterocycles. The normalized spacial score (nSPS) is 18.7. The van der Waals surface area contributed by atoms with Crippen LogP contribution in [0.4, 0.5) is 5.13 Å². The van der Waals surface area contributed by atoms with Crippen LogP contribution in [0.15, 0.2) is 0 Å². The maximum absolute atomic E-state index is 11.1. The van der Waals surface area contributed by atoms with Gasteiger partial charge in [0, 0.05) is 12.0 Å². The topological polar surface area (TPSA) is 71.5 Å². The Labute approximate surface area is 110 Å². The molecule has 1 aromatic heterocycles. The number of carboxylic acid groups (broad SMARTS) is 1. The predicted molar refractivity (Wildman–Crippen MR) is 70.4 cm³/mol. The van der Waals surface area contributed by atoms with Gasteiger partial charge in [-0.15, -0.1) is 11.3 Å². The fourth-order valence-electron chi connectivity index (χ4n) is 2.21. The first-order valence-corrected chi connectivity index (χ1v) is 6.74. The fourth-order valence-corrected chi connectivity index (χ4v) is 3.42. The van der Waals surface area contributed by atoms with Crippen molar-refractivity contribution in [3.05, 3.63) is 10.6 Å². The molecule has 0 aliphatic heterocycles. The number of aryl methyl sites for hydroxylation is 1. The van der Waals surface area contributed by atoms with E-state index in [0.29, 0.717) is 13.0 Å². The third-order valence-corrected chi connectivity index (χ3v) is 4.01. The van der Waals surface area contributed by atoms with Crippen LogP contribution in [-0.2, 0) is 16.0 Å². The molecule has 0 fully saturated rings. The molecule has 1 aliphatic carbocycles. The maximum atomic E-state index is 11.1. The Kier molecular flexibility index (Phi) is 3.59. The van der Waals surface area contributed by atoms with Crippen LogP contribution in [0.3, 0.4) is 0 Å². The minimum atomic E-state index is -0.776. The highest BCUT2D eigenvalue weighted by Gasteiger charge is 2.33. The number of ether oxygens (including phenoxy) is 1. The molecule has 1 aromatic rings. The van der Waals surface area contributed by atoms with Crippen molar-refractivity contribution in [1.82, 2.24) is 4.98 Å². The summed E-state index contributed by atoms with van der Waals surface area (Å²) in [7, 11) is 1.66. The molecule has 1 aliphatic rings. The van der Waals surface area contributed by atoms with Gasteiger partial charge in [0.25, 0.3) is 0 Å². The minimum Gasteiger partial charge on any atom is -0.481 e. The number of nitrogens with zero attached hydrogens (tertiary/aromatic N) is 1. The number of hydrogen-bond donors (Lipinski definition) is 2. The first kappa shape index (κ1) is 13.3. The van der Waals surface area contributed by atoms with E-state index in [-0.39, 0.29) is 5.54 Å². The zero-order chi connectivity index (χ0) is 13.3. The van der Waals surface area contributed by atoms with Gasteiger partial charge >= 0.3 is 5.97 Å². The molecule has 6 heteroatoms. The summed E-state index contributed by atoms with van der Waals surface area (Å²) in [6.07, 6.45) is 1.49. The molecule has 100 valence electrons. The van der Waals surface area contributed by atoms with E-state index in [1.807, 2.05) is 13.8 Å². The monoisotopic (exact) mass is 270 g/mol. The molecular weight excluding hydrogens is 252 g/mol. The smallest absolute Gasteiger partial charge is 0.312 e. The molecule has 18 heavy (non-hydrogen) atoms. The average Bonchev–Trinajstić information content (AvgIpc) is 2.74. The van der Waals surface area contributed by atoms with Gasteiger partial charge in [0.1, 0.15) is 5.92 Å². The van der Waals surface area contributed by atoms with Crippen molar-refractivity contribution in [3.63, 3.8) is 0 Å². The van der Waals surface area contributed by atoms with Crippen LogP contribution in [0.5, 0.6) is 0 Å². The number of rotatable bonds is 5. The Bertz CT molecular complexity index is 456. The molecule has 0 bridgehead atoms. The highest BCUT2D eigenvalue weighted by Crippen LogP contribution is 2.38. The Morgan fingerprint density at radius 2 is 2.39 bits per heavy atom. The van der Waals surface area contributed by atoms with Gasteiger partial charge in [-0.05, 0) is 26.7 Å². The first-order chi connectivity index (χ1) is 8.43. The van der Waals surface area contributed by atoms with Crippen LogP contribution in [0.2, 0.25) is 0 Å². The predicted octanol–water partition coefficient (Wildman–Crippen LogP) is 2.09. The quantitative estimate of drug-likeness (QED) is 0.857. The summed E-state index contributed by atoms with van der Waals surface area (Å²) in [5.41, 5.74) is 0.530. The second-order valence-electron chi connectivity index (χ2n) is 5.20. The van der Waals surface area contributed by atoms with Crippen LogP contribution in [0, 0.1) is 0 Å². The number of methoxy groups -OCH3 is 1. The Morgan fingerprint density at radius 3 is 3.00 bits per heavy atom. The molecule has 1 atom stereocenters. The number of aliphatic carboxylic acids is 1. The van der Waals surface area contributed by atoms with Crippen LogP contribution >= 0.6 is 11.3 Å². The number of aromatic nitrogens is 1. The van der Waals surface area contributed by atoms with Crippen molar-refractivity contribution in [2.45, 2.75) is 38.1 Å². The van der Waals surface area contributed by atoms with Crippen molar-refractivity contribution in [2.24, 2.45) is 0 Å². The van der Waals surface area contributed by atoms with E-state index in [9.17, 15) is 4.79 Å². The van der Waals surface area contributed by atoms with Gasteiger partial charge in [-0.3, -0.25) is 4.79 Å². The SMILES string of the molecule is COCC(C)(C)Nc1nc2c(s1)CCC2C(=O)O. The molecule has 0 amide bonds. The third kappa shape index (κ3) is 2.64. The summed E-state index contributed by atoms with van der Waals surface area (Å²) in [5.74, 6) is -1.21. The summed E-state index contributed by atoms with van der Waals surface area (Å²) < 4.78 is 5.14. The van der Waals surface area contributed by atoms with Crippen molar-refractivity contribution in [2.75, 3.05) is 19.0 Å². The van der Waals surface area contributed by atoms with Crippen LogP contribution < -0.4 is 5.32 Å². The number of thiazole rings is 1. The van der Waals surface area contributed by atoms with E-state index in [4.69, 9.17) is 9.84 Å². The Balaban J connectivity index is 2.14. The van der Waals surface area contributed by atoms with Crippen molar-refractivity contribution < 1.29 is 14.6 Å². The number of carbonyl (C=O) groups is 1. The van der Waals surface area contributed by atoms with E-state index in [1.165, 1.54) is 0 Å². The molecule has 0 spiro atoms. The number of fused-ring (bicyclic) bond motifs is 1. The molecule has 0 radical (unpaired) electrons. The lowest BCUT2D eigenvalue weighted by atomic mass is 10.1. The van der Waals surface area contributed by atoms with Crippen molar-refractivity contribution in [3.8, 4) is 0 Å². The van der Waals surface area contributed by atoms with E-state index < -0.39 is 11.9 Å². The van der Waals surface area contributed by atoms with E-state index in [1.54, 1.807) is 18.4 Å². The fraction of sp³-hybridized carbons (Fsp3) is 0.667. The van der Waals surface area contributed by atoms with Crippen molar-refractivity contribution >= 4 is 22.4 Å². The molecule has 2 N–H and O–H groups in total. The molecule has 1 unspecified atom stereocenters. The molecule has 0 aromatic carbocycles. The zero-order valence-corrected chi connectivity index (χ0v) is 11.6. The van der Waals surface area contributed by atoms with Crippen LogP contribution in [-0.4, -0.2) is 35.3 Å². The summed E-state index contributed by atoms with van der Waals surface area (Å²) >= 11 is 1.55. The highest BCUT2D eigenvalue weighted by molar-refractivity contribution is 7.15. The van der Waals surface area contributed by atoms with E-state index >= 15 is 0 Å². The van der Waals surface area contributed by atoms with Gasteiger partial charge in [-0.25, -0.2) is 4.98 Å². The number of anilines is 1. The molecule has 5 nitrogen and oxygen atoms in total. The second kappa shape index (κ2) is 4.85. The van der Waals surface area contributed by atoms with Gasteiger partial charge in [-0.2, -0.15) is 0 Å². The Hall–Kier alpha value is -1.14. The zero-order valence-electron chi connectivity index (χ0n) is 10.8. The number of hydrogen-bond acceptors (Lipinski definition) is 5. The largest absolute Gasteiger partial charge is 0.481 e. The van der Waals surface area contributed by atoms with Crippen molar-refractivity contribution in [1.29, 1.82) is 0 Å². The first-order valence-electron chi connectivity index (χ1n) is 5.92. The minimum absolute atomic E-state index is 0.209. The van der Waals surface area contributed by atoms with Crippen LogP contribution in [0.25, 0.3) is 0 Å². The molecular formula is C12H18N2O3S. The molecule has 2 rings (SSSR count). The van der Waals surface area contributed by atoms with Gasteiger partial charge in [0.05, 0.1) is 17.8 Å². The van der Waals surface area contributed by atoms with E-state index in [2.05, 4.69) is 10.3 Å². The second-order valence-corrected chi connectivity index (χ2v) is 6.28. The Morgan fingerprint density at radius 1 is 1.67 bits per heavy atom. The lowest BCUT2D eigenvalue weighted by Gasteiger charge is -2.24.